The number of benzene rings is 2. The molecule has 1 amide bonds. The molecule has 1 N–H and O–H groups in total. The Morgan fingerprint density at radius 1 is 0.947 bits per heavy atom. The predicted octanol–water partition coefficient (Wildman–Crippen LogP) is 3.25. The minimum absolute atomic E-state index is 0.141. The summed E-state index contributed by atoms with van der Waals surface area (Å²) in [5.74, 6) is -0.294. The maximum atomic E-state index is 12.9. The van der Waals surface area contributed by atoms with Gasteiger partial charge in [-0.1, -0.05) is 30.2 Å². The normalized spacial score (nSPS) is 19.7. The molecule has 208 valence electrons. The number of sulfonamides is 2. The average molecular weight is 584 g/mol. The first kappa shape index (κ1) is 28.8. The van der Waals surface area contributed by atoms with E-state index in [4.69, 9.17) is 16.3 Å². The Morgan fingerprint density at radius 2 is 1.66 bits per heavy atom. The smallest absolute Gasteiger partial charge is 0.243 e. The maximum absolute atomic E-state index is 12.9. The molecule has 9 nitrogen and oxygen atoms in total. The summed E-state index contributed by atoms with van der Waals surface area (Å²) in [6.45, 7) is 2.08. The number of piperidine rings is 2. The fraction of sp³-hybridized carbons (Fsp3) is 0.500. The lowest BCUT2D eigenvalue weighted by atomic mass is 9.99. The lowest BCUT2D eigenvalue weighted by Gasteiger charge is -2.31. The van der Waals surface area contributed by atoms with Crippen LogP contribution in [0.3, 0.4) is 0 Å². The van der Waals surface area contributed by atoms with Gasteiger partial charge in [0.15, 0.2) is 0 Å². The van der Waals surface area contributed by atoms with Gasteiger partial charge in [-0.05, 0) is 67.6 Å². The SMILES string of the molecule is O=C(NCCOc1ccc(S(=O)(=O)N2CCCCC2)cc1)[C@@H]1CCCN(S(=O)(=O)Cc2cccc(Cl)c2)C1. The summed E-state index contributed by atoms with van der Waals surface area (Å²) in [6, 6.07) is 13.1. The Morgan fingerprint density at radius 3 is 2.37 bits per heavy atom. The molecule has 2 aliphatic heterocycles. The molecule has 0 radical (unpaired) electrons. The van der Waals surface area contributed by atoms with Gasteiger partial charge in [0, 0.05) is 31.2 Å². The molecule has 0 aliphatic carbocycles. The van der Waals surface area contributed by atoms with E-state index in [2.05, 4.69) is 5.32 Å². The Balaban J connectivity index is 1.23. The fourth-order valence-corrected chi connectivity index (χ4v) is 8.12. The van der Waals surface area contributed by atoms with Crippen LogP contribution in [0.1, 0.15) is 37.7 Å². The van der Waals surface area contributed by atoms with Crippen LogP contribution in [0.5, 0.6) is 5.75 Å². The van der Waals surface area contributed by atoms with E-state index >= 15 is 0 Å². The molecule has 0 spiro atoms. The van der Waals surface area contributed by atoms with Crippen LogP contribution in [-0.2, 0) is 30.6 Å². The van der Waals surface area contributed by atoms with Crippen molar-refractivity contribution >= 4 is 37.6 Å². The summed E-state index contributed by atoms with van der Waals surface area (Å²) < 4.78 is 59.9. The van der Waals surface area contributed by atoms with Crippen molar-refractivity contribution in [3.8, 4) is 5.75 Å². The number of hydrogen-bond acceptors (Lipinski definition) is 6. The lowest BCUT2D eigenvalue weighted by molar-refractivity contribution is -0.126. The monoisotopic (exact) mass is 583 g/mol. The summed E-state index contributed by atoms with van der Waals surface area (Å²) in [5.41, 5.74) is 0.610. The van der Waals surface area contributed by atoms with Gasteiger partial charge in [-0.3, -0.25) is 4.79 Å². The summed E-state index contributed by atoms with van der Waals surface area (Å²) in [5, 5.41) is 3.31. The predicted molar refractivity (Wildman–Crippen MR) is 146 cm³/mol. The van der Waals surface area contributed by atoms with E-state index in [0.717, 1.165) is 19.3 Å². The van der Waals surface area contributed by atoms with Gasteiger partial charge in [0.1, 0.15) is 12.4 Å². The lowest BCUT2D eigenvalue weighted by Crippen LogP contribution is -2.46. The molecule has 4 rings (SSSR count). The molecule has 38 heavy (non-hydrogen) atoms. The molecule has 2 aliphatic rings. The highest BCUT2D eigenvalue weighted by Gasteiger charge is 2.32. The highest BCUT2D eigenvalue weighted by atomic mass is 35.5. The van der Waals surface area contributed by atoms with Gasteiger partial charge in [-0.15, -0.1) is 0 Å². The Bertz CT molecular complexity index is 1310. The molecule has 2 heterocycles. The van der Waals surface area contributed by atoms with Crippen molar-refractivity contribution in [1.29, 1.82) is 0 Å². The Labute approximate surface area is 230 Å². The molecule has 0 saturated carbocycles. The van der Waals surface area contributed by atoms with Crippen LogP contribution in [0.15, 0.2) is 53.4 Å². The van der Waals surface area contributed by atoms with Crippen LogP contribution >= 0.6 is 11.6 Å². The second kappa shape index (κ2) is 12.8. The van der Waals surface area contributed by atoms with E-state index < -0.39 is 26.0 Å². The third kappa shape index (κ3) is 7.47. The van der Waals surface area contributed by atoms with E-state index in [0.29, 0.717) is 48.8 Å². The Kier molecular flexibility index (Phi) is 9.69. The number of carbonyl (C=O) groups is 1. The molecule has 0 aromatic heterocycles. The van der Waals surface area contributed by atoms with Crippen molar-refractivity contribution in [3.05, 3.63) is 59.1 Å². The number of rotatable bonds is 10. The standard InChI is InChI=1S/C26H34ClN3O6S2/c27-23-8-4-6-21(18-23)20-37(32,33)30-16-5-7-22(19-30)26(31)28-13-17-36-24-9-11-25(12-10-24)38(34,35)29-14-2-1-3-15-29/h4,6,8-12,18,22H,1-3,5,7,13-17,19-20H2,(H,28,31)/t22-/m1/s1. The quantitative estimate of drug-likeness (QED) is 0.430. The Hall–Kier alpha value is -2.18. The third-order valence-electron chi connectivity index (χ3n) is 6.83. The van der Waals surface area contributed by atoms with Crippen molar-refractivity contribution in [3.63, 3.8) is 0 Å². The van der Waals surface area contributed by atoms with E-state index in [9.17, 15) is 21.6 Å². The first-order chi connectivity index (χ1) is 18.1. The zero-order valence-electron chi connectivity index (χ0n) is 21.2. The molecule has 0 bridgehead atoms. The molecule has 2 fully saturated rings. The summed E-state index contributed by atoms with van der Waals surface area (Å²) >= 11 is 5.98. The maximum Gasteiger partial charge on any atom is 0.243 e. The molecular weight excluding hydrogens is 550 g/mol. The highest BCUT2D eigenvalue weighted by Crippen LogP contribution is 2.24. The van der Waals surface area contributed by atoms with Gasteiger partial charge in [0.2, 0.25) is 26.0 Å². The van der Waals surface area contributed by atoms with Gasteiger partial charge < -0.3 is 10.1 Å². The van der Waals surface area contributed by atoms with Gasteiger partial charge in [0.05, 0.1) is 23.1 Å². The number of hydrogen-bond donors (Lipinski definition) is 1. The zero-order valence-corrected chi connectivity index (χ0v) is 23.6. The second-order valence-corrected chi connectivity index (χ2v) is 14.0. The number of nitrogens with one attached hydrogen (secondary N) is 1. The second-order valence-electron chi connectivity index (χ2n) is 9.66. The first-order valence-electron chi connectivity index (χ1n) is 12.9. The van der Waals surface area contributed by atoms with Crippen molar-refractivity contribution in [2.45, 2.75) is 42.8 Å². The van der Waals surface area contributed by atoms with Crippen LogP contribution in [0.4, 0.5) is 0 Å². The largest absolute Gasteiger partial charge is 0.492 e. The molecule has 2 saturated heterocycles. The topological polar surface area (TPSA) is 113 Å². The van der Waals surface area contributed by atoms with Gasteiger partial charge in [0.25, 0.3) is 0 Å². The number of carbonyl (C=O) groups excluding carboxylic acids is 1. The molecular formula is C26H34ClN3O6S2. The van der Waals surface area contributed by atoms with Crippen LogP contribution < -0.4 is 10.1 Å². The molecule has 2 aromatic carbocycles. The first-order valence-corrected chi connectivity index (χ1v) is 16.3. The fourth-order valence-electron chi connectivity index (χ4n) is 4.79. The molecule has 1 atom stereocenters. The van der Waals surface area contributed by atoms with Crippen molar-refractivity contribution in [2.24, 2.45) is 5.92 Å². The zero-order chi connectivity index (χ0) is 27.2. The summed E-state index contributed by atoms with van der Waals surface area (Å²) in [6.07, 6.45) is 4.03. The van der Waals surface area contributed by atoms with Crippen molar-refractivity contribution in [1.82, 2.24) is 13.9 Å². The minimum atomic E-state index is -3.58. The molecule has 2 aromatic rings. The van der Waals surface area contributed by atoms with Crippen LogP contribution in [-0.4, -0.2) is 70.7 Å². The van der Waals surface area contributed by atoms with E-state index in [-0.39, 0.29) is 36.3 Å². The van der Waals surface area contributed by atoms with Crippen LogP contribution in [0.2, 0.25) is 5.02 Å². The number of halogens is 1. The summed E-state index contributed by atoms with van der Waals surface area (Å²) in [4.78, 5) is 13.0. The number of nitrogens with zero attached hydrogens (tertiary/aromatic N) is 2. The summed E-state index contributed by atoms with van der Waals surface area (Å²) in [7, 11) is -7.07. The van der Waals surface area contributed by atoms with Crippen LogP contribution in [0.25, 0.3) is 0 Å². The van der Waals surface area contributed by atoms with Gasteiger partial charge in [-0.2, -0.15) is 4.31 Å². The van der Waals surface area contributed by atoms with Gasteiger partial charge in [-0.25, -0.2) is 21.1 Å². The van der Waals surface area contributed by atoms with E-state index in [1.807, 2.05) is 0 Å². The number of ether oxygens (including phenoxy) is 1. The number of amides is 1. The minimum Gasteiger partial charge on any atom is -0.492 e. The van der Waals surface area contributed by atoms with Gasteiger partial charge >= 0.3 is 0 Å². The van der Waals surface area contributed by atoms with Crippen LogP contribution in [0, 0.1) is 5.92 Å². The van der Waals surface area contributed by atoms with E-state index in [1.54, 1.807) is 36.4 Å². The van der Waals surface area contributed by atoms with Crippen molar-refractivity contribution in [2.75, 3.05) is 39.3 Å². The molecule has 0 unspecified atom stereocenters. The molecule has 12 heteroatoms. The average Bonchev–Trinajstić information content (AvgIpc) is 2.91. The highest BCUT2D eigenvalue weighted by molar-refractivity contribution is 7.89. The van der Waals surface area contributed by atoms with E-state index in [1.165, 1.54) is 20.7 Å². The van der Waals surface area contributed by atoms with Crippen molar-refractivity contribution < 1.29 is 26.4 Å². The third-order valence-corrected chi connectivity index (χ3v) is 10.8.